The summed E-state index contributed by atoms with van der Waals surface area (Å²) in [6, 6.07) is 1.02. The van der Waals surface area contributed by atoms with Crippen molar-refractivity contribution in [1.29, 1.82) is 0 Å². The highest BCUT2D eigenvalue weighted by molar-refractivity contribution is 6.32. The Kier molecular flexibility index (Phi) is 3.57. The molecule has 0 aliphatic rings. The summed E-state index contributed by atoms with van der Waals surface area (Å²) in [5, 5.41) is 8.98. The zero-order valence-corrected chi connectivity index (χ0v) is 8.45. The fourth-order valence-electron chi connectivity index (χ4n) is 1.02. The van der Waals surface area contributed by atoms with E-state index in [4.69, 9.17) is 22.4 Å². The molecule has 0 amide bonds. The Hall–Kier alpha value is -0.970. The number of aliphatic hydroxyl groups excluding tert-OH is 1. The van der Waals surface area contributed by atoms with Crippen molar-refractivity contribution in [1.82, 2.24) is 4.98 Å². The summed E-state index contributed by atoms with van der Waals surface area (Å²) in [6.07, 6.45) is 1.45. The van der Waals surface area contributed by atoms with E-state index in [-0.39, 0.29) is 17.5 Å². The Morgan fingerprint density at radius 3 is 2.93 bits per heavy atom. The molecule has 3 N–H and O–H groups in total. The maximum absolute atomic E-state index is 11.1. The first-order valence-electron chi connectivity index (χ1n) is 4.09. The molecule has 1 heterocycles. The zero-order valence-electron chi connectivity index (χ0n) is 7.70. The van der Waals surface area contributed by atoms with Crippen LogP contribution in [0.5, 0.6) is 0 Å². The van der Waals surface area contributed by atoms with Gasteiger partial charge in [0.15, 0.2) is 5.78 Å². The lowest BCUT2D eigenvalue weighted by Gasteiger charge is -2.09. The standard InChI is InChI=1S/C9H11ClN2O2/c1-5(14)7-2-6(8(11)4-13)3-12-9(7)10/h2-3,8,13H,4,11H2,1H3. The Bertz CT molecular complexity index is 355. The van der Waals surface area contributed by atoms with Crippen LogP contribution in [0, 0.1) is 0 Å². The molecule has 0 radical (unpaired) electrons. The van der Waals surface area contributed by atoms with Crippen molar-refractivity contribution in [2.45, 2.75) is 13.0 Å². The number of carbonyl (C=O) groups is 1. The Labute approximate surface area is 86.7 Å². The third-order valence-corrected chi connectivity index (χ3v) is 2.17. The monoisotopic (exact) mass is 214 g/mol. The van der Waals surface area contributed by atoms with E-state index in [9.17, 15) is 4.79 Å². The van der Waals surface area contributed by atoms with Gasteiger partial charge in [-0.1, -0.05) is 11.6 Å². The second kappa shape index (κ2) is 4.50. The minimum absolute atomic E-state index is 0.159. The van der Waals surface area contributed by atoms with E-state index in [0.717, 1.165) is 0 Å². The van der Waals surface area contributed by atoms with E-state index in [1.165, 1.54) is 13.1 Å². The highest BCUT2D eigenvalue weighted by Gasteiger charge is 2.11. The third-order valence-electron chi connectivity index (χ3n) is 1.86. The number of halogens is 1. The van der Waals surface area contributed by atoms with Crippen molar-refractivity contribution >= 4 is 17.4 Å². The number of hydrogen-bond acceptors (Lipinski definition) is 4. The van der Waals surface area contributed by atoms with Crippen LogP contribution in [0.2, 0.25) is 5.15 Å². The number of aliphatic hydroxyl groups is 1. The van der Waals surface area contributed by atoms with Gasteiger partial charge in [0.25, 0.3) is 0 Å². The van der Waals surface area contributed by atoms with Gasteiger partial charge in [0.05, 0.1) is 18.2 Å². The summed E-state index contributed by atoms with van der Waals surface area (Å²) < 4.78 is 0. The zero-order chi connectivity index (χ0) is 10.7. The Morgan fingerprint density at radius 2 is 2.43 bits per heavy atom. The molecule has 76 valence electrons. The molecule has 1 atom stereocenters. The summed E-state index contributed by atoms with van der Waals surface area (Å²) in [6.45, 7) is 1.21. The number of carbonyl (C=O) groups excluding carboxylic acids is 1. The summed E-state index contributed by atoms with van der Waals surface area (Å²) in [5.41, 5.74) is 6.50. The minimum atomic E-state index is -0.530. The molecule has 14 heavy (non-hydrogen) atoms. The molecule has 1 rings (SSSR count). The van der Waals surface area contributed by atoms with Gasteiger partial charge in [-0.3, -0.25) is 4.79 Å². The highest BCUT2D eigenvalue weighted by atomic mass is 35.5. The van der Waals surface area contributed by atoms with Crippen LogP contribution in [0.25, 0.3) is 0 Å². The number of Topliss-reactive ketones (excluding diaryl/α,β-unsaturated/α-hetero) is 1. The van der Waals surface area contributed by atoms with Crippen molar-refractivity contribution in [2.75, 3.05) is 6.61 Å². The normalized spacial score (nSPS) is 12.6. The lowest BCUT2D eigenvalue weighted by Crippen LogP contribution is -2.15. The van der Waals surface area contributed by atoms with Gasteiger partial charge in [0, 0.05) is 6.20 Å². The second-order valence-electron chi connectivity index (χ2n) is 2.95. The van der Waals surface area contributed by atoms with Crippen molar-refractivity contribution in [2.24, 2.45) is 5.73 Å². The van der Waals surface area contributed by atoms with Crippen LogP contribution in [0.15, 0.2) is 12.3 Å². The fourth-order valence-corrected chi connectivity index (χ4v) is 1.26. The van der Waals surface area contributed by atoms with Crippen LogP contribution in [0.4, 0.5) is 0 Å². The number of ketones is 1. The van der Waals surface area contributed by atoms with Crippen LogP contribution >= 0.6 is 11.6 Å². The van der Waals surface area contributed by atoms with Gasteiger partial charge in [-0.15, -0.1) is 0 Å². The number of pyridine rings is 1. The maximum Gasteiger partial charge on any atom is 0.162 e. The van der Waals surface area contributed by atoms with E-state index in [0.29, 0.717) is 11.1 Å². The molecule has 0 aliphatic heterocycles. The topological polar surface area (TPSA) is 76.2 Å². The van der Waals surface area contributed by atoms with Crippen LogP contribution in [0.3, 0.4) is 0 Å². The number of nitrogens with two attached hydrogens (primary N) is 1. The van der Waals surface area contributed by atoms with Gasteiger partial charge in [-0.05, 0) is 18.6 Å². The molecule has 1 unspecified atom stereocenters. The molecule has 0 aliphatic carbocycles. The number of aromatic nitrogens is 1. The lowest BCUT2D eigenvalue weighted by molar-refractivity contribution is 0.101. The first-order chi connectivity index (χ1) is 6.56. The second-order valence-corrected chi connectivity index (χ2v) is 3.31. The average Bonchev–Trinajstić information content (AvgIpc) is 2.17. The summed E-state index contributed by atoms with van der Waals surface area (Å²) in [7, 11) is 0. The van der Waals surface area contributed by atoms with Crippen molar-refractivity contribution < 1.29 is 9.90 Å². The van der Waals surface area contributed by atoms with Gasteiger partial charge in [-0.25, -0.2) is 4.98 Å². The molecule has 5 heteroatoms. The quantitative estimate of drug-likeness (QED) is 0.580. The summed E-state index contributed by atoms with van der Waals surface area (Å²) >= 11 is 5.70. The largest absolute Gasteiger partial charge is 0.394 e. The summed E-state index contributed by atoms with van der Waals surface area (Å²) in [4.78, 5) is 14.9. The molecule has 0 saturated carbocycles. The van der Waals surface area contributed by atoms with Gasteiger partial charge in [0.1, 0.15) is 5.15 Å². The number of hydrogen-bond donors (Lipinski definition) is 2. The van der Waals surface area contributed by atoms with E-state index >= 15 is 0 Å². The van der Waals surface area contributed by atoms with Crippen molar-refractivity contribution in [3.05, 3.63) is 28.5 Å². The van der Waals surface area contributed by atoms with Gasteiger partial charge < -0.3 is 10.8 Å². The molecular formula is C9H11ClN2O2. The molecule has 1 aromatic rings. The maximum atomic E-state index is 11.1. The van der Waals surface area contributed by atoms with E-state index in [1.807, 2.05) is 0 Å². The molecule has 0 aromatic carbocycles. The first-order valence-corrected chi connectivity index (χ1v) is 4.47. The summed E-state index contributed by atoms with van der Waals surface area (Å²) in [5.74, 6) is -0.172. The van der Waals surface area contributed by atoms with Crippen LogP contribution in [-0.4, -0.2) is 22.5 Å². The third kappa shape index (κ3) is 2.29. The van der Waals surface area contributed by atoms with Gasteiger partial charge >= 0.3 is 0 Å². The van der Waals surface area contributed by atoms with Crippen molar-refractivity contribution in [3.8, 4) is 0 Å². The SMILES string of the molecule is CC(=O)c1cc(C(N)CO)cnc1Cl. The smallest absolute Gasteiger partial charge is 0.162 e. The van der Waals surface area contributed by atoms with E-state index in [2.05, 4.69) is 4.98 Å². The molecular weight excluding hydrogens is 204 g/mol. The van der Waals surface area contributed by atoms with Crippen LogP contribution < -0.4 is 5.73 Å². The van der Waals surface area contributed by atoms with E-state index < -0.39 is 6.04 Å². The average molecular weight is 215 g/mol. The molecule has 4 nitrogen and oxygen atoms in total. The Morgan fingerprint density at radius 1 is 1.79 bits per heavy atom. The molecule has 0 fully saturated rings. The predicted molar refractivity (Wildman–Crippen MR) is 53.3 cm³/mol. The van der Waals surface area contributed by atoms with Crippen LogP contribution in [-0.2, 0) is 0 Å². The van der Waals surface area contributed by atoms with Crippen LogP contribution in [0.1, 0.15) is 28.9 Å². The van der Waals surface area contributed by atoms with Gasteiger partial charge in [-0.2, -0.15) is 0 Å². The van der Waals surface area contributed by atoms with Gasteiger partial charge in [0.2, 0.25) is 0 Å². The number of nitrogens with zero attached hydrogens (tertiary/aromatic N) is 1. The van der Waals surface area contributed by atoms with Crippen molar-refractivity contribution in [3.63, 3.8) is 0 Å². The minimum Gasteiger partial charge on any atom is -0.394 e. The molecule has 1 aromatic heterocycles. The molecule has 0 bridgehead atoms. The highest BCUT2D eigenvalue weighted by Crippen LogP contribution is 2.18. The molecule has 0 saturated heterocycles. The molecule has 0 spiro atoms. The fraction of sp³-hybridized carbons (Fsp3) is 0.333. The predicted octanol–water partition coefficient (Wildman–Crippen LogP) is 0.930. The first kappa shape index (κ1) is 11.1. The van der Waals surface area contributed by atoms with E-state index in [1.54, 1.807) is 6.07 Å². The lowest BCUT2D eigenvalue weighted by atomic mass is 10.1. The number of rotatable bonds is 3. The Balaban J connectivity index is 3.12.